The van der Waals surface area contributed by atoms with Gasteiger partial charge in [-0.1, -0.05) is 0 Å². The standard InChI is InChI=1S/C14H26N4O2S/c1-5-17-11-14(8-13(17)9-15-3)21(19,20)18-7-6-16(4)10-12(18)2/h8,11-12,15H,5-7,9-10H2,1-4H3. The number of hydrogen-bond donors (Lipinski definition) is 1. The quantitative estimate of drug-likeness (QED) is 0.862. The van der Waals surface area contributed by atoms with Crippen molar-refractivity contribution in [3.8, 4) is 0 Å². The molecule has 1 N–H and O–H groups in total. The van der Waals surface area contributed by atoms with Crippen molar-refractivity contribution in [3.05, 3.63) is 18.0 Å². The first-order valence-electron chi connectivity index (χ1n) is 7.44. The topological polar surface area (TPSA) is 57.6 Å². The highest BCUT2D eigenvalue weighted by molar-refractivity contribution is 7.89. The van der Waals surface area contributed by atoms with Gasteiger partial charge in [-0.15, -0.1) is 0 Å². The Balaban J connectivity index is 2.31. The molecule has 1 unspecified atom stereocenters. The van der Waals surface area contributed by atoms with E-state index in [1.54, 1.807) is 16.6 Å². The molecule has 7 heteroatoms. The molecule has 0 bridgehead atoms. The van der Waals surface area contributed by atoms with E-state index in [2.05, 4.69) is 10.2 Å². The van der Waals surface area contributed by atoms with E-state index in [1.807, 2.05) is 32.5 Å². The van der Waals surface area contributed by atoms with Crippen molar-refractivity contribution in [2.45, 2.75) is 37.9 Å². The lowest BCUT2D eigenvalue weighted by Gasteiger charge is -2.36. The van der Waals surface area contributed by atoms with Gasteiger partial charge in [-0.05, 0) is 34.0 Å². The third-order valence-corrected chi connectivity index (χ3v) is 6.01. The first-order chi connectivity index (χ1) is 9.90. The van der Waals surface area contributed by atoms with Crippen LogP contribution in [0.25, 0.3) is 0 Å². The summed E-state index contributed by atoms with van der Waals surface area (Å²) in [5.41, 5.74) is 1.00. The van der Waals surface area contributed by atoms with Crippen LogP contribution in [0.5, 0.6) is 0 Å². The maximum Gasteiger partial charge on any atom is 0.244 e. The summed E-state index contributed by atoms with van der Waals surface area (Å²) in [7, 11) is 0.485. The van der Waals surface area contributed by atoms with Crippen LogP contribution in [0.1, 0.15) is 19.5 Å². The van der Waals surface area contributed by atoms with E-state index < -0.39 is 10.0 Å². The second-order valence-corrected chi connectivity index (χ2v) is 7.60. The molecule has 6 nitrogen and oxygen atoms in total. The van der Waals surface area contributed by atoms with E-state index in [-0.39, 0.29) is 6.04 Å². The molecule has 0 radical (unpaired) electrons. The highest BCUT2D eigenvalue weighted by Crippen LogP contribution is 2.23. The van der Waals surface area contributed by atoms with E-state index in [0.29, 0.717) is 18.0 Å². The normalized spacial score (nSPS) is 21.8. The van der Waals surface area contributed by atoms with Gasteiger partial charge in [0.25, 0.3) is 0 Å². The van der Waals surface area contributed by atoms with Crippen molar-refractivity contribution < 1.29 is 8.42 Å². The van der Waals surface area contributed by atoms with Gasteiger partial charge in [-0.25, -0.2) is 8.42 Å². The Labute approximate surface area is 127 Å². The Morgan fingerprint density at radius 2 is 2.10 bits per heavy atom. The molecule has 0 spiro atoms. The number of piperazine rings is 1. The molecule has 0 aliphatic carbocycles. The van der Waals surface area contributed by atoms with Crippen LogP contribution in [0.4, 0.5) is 0 Å². The number of sulfonamides is 1. The second-order valence-electron chi connectivity index (χ2n) is 5.71. The summed E-state index contributed by atoms with van der Waals surface area (Å²) in [6, 6.07) is 1.80. The van der Waals surface area contributed by atoms with Crippen LogP contribution in [0.15, 0.2) is 17.2 Å². The zero-order valence-electron chi connectivity index (χ0n) is 13.3. The van der Waals surface area contributed by atoms with Gasteiger partial charge in [0.05, 0.1) is 0 Å². The molecular formula is C14H26N4O2S. The number of aryl methyl sites for hydroxylation is 1. The second kappa shape index (κ2) is 6.48. The number of nitrogens with zero attached hydrogens (tertiary/aromatic N) is 3. The number of aromatic nitrogens is 1. The molecule has 1 atom stereocenters. The van der Waals surface area contributed by atoms with Gasteiger partial charge in [-0.3, -0.25) is 0 Å². The summed E-state index contributed by atoms with van der Waals surface area (Å²) in [6.07, 6.45) is 1.76. The first-order valence-corrected chi connectivity index (χ1v) is 8.88. The van der Waals surface area contributed by atoms with Crippen LogP contribution in [0.3, 0.4) is 0 Å². The number of hydrogen-bond acceptors (Lipinski definition) is 4. The summed E-state index contributed by atoms with van der Waals surface area (Å²) in [4.78, 5) is 2.58. The van der Waals surface area contributed by atoms with Crippen LogP contribution in [-0.4, -0.2) is 62.0 Å². The summed E-state index contributed by atoms with van der Waals surface area (Å²) in [5, 5.41) is 3.08. The molecule has 1 aromatic heterocycles. The molecule has 21 heavy (non-hydrogen) atoms. The Morgan fingerprint density at radius 1 is 1.38 bits per heavy atom. The lowest BCUT2D eigenvalue weighted by atomic mass is 10.2. The average molecular weight is 314 g/mol. The van der Waals surface area contributed by atoms with Gasteiger partial charge in [-0.2, -0.15) is 4.31 Å². The smallest absolute Gasteiger partial charge is 0.244 e. The highest BCUT2D eigenvalue weighted by atomic mass is 32.2. The van der Waals surface area contributed by atoms with E-state index in [4.69, 9.17) is 0 Å². The number of rotatable bonds is 5. The molecule has 1 aliphatic heterocycles. The molecule has 1 fully saturated rings. The van der Waals surface area contributed by atoms with Crippen molar-refractivity contribution in [1.82, 2.24) is 19.1 Å². The molecule has 0 aromatic carbocycles. The third kappa shape index (κ3) is 3.31. The molecular weight excluding hydrogens is 288 g/mol. The molecule has 1 saturated heterocycles. The predicted molar refractivity (Wildman–Crippen MR) is 83.7 cm³/mol. The summed E-state index contributed by atoms with van der Waals surface area (Å²) < 4.78 is 29.3. The molecule has 1 aromatic rings. The first kappa shape index (κ1) is 16.5. The van der Waals surface area contributed by atoms with E-state index >= 15 is 0 Å². The fourth-order valence-electron chi connectivity index (χ4n) is 2.91. The zero-order valence-corrected chi connectivity index (χ0v) is 14.2. The number of nitrogens with one attached hydrogen (secondary N) is 1. The molecule has 1 aliphatic rings. The van der Waals surface area contributed by atoms with E-state index in [0.717, 1.165) is 25.3 Å². The maximum atomic E-state index is 12.9. The lowest BCUT2D eigenvalue weighted by Crippen LogP contribution is -2.52. The van der Waals surface area contributed by atoms with Crippen LogP contribution in [0, 0.1) is 0 Å². The molecule has 0 saturated carbocycles. The Hall–Kier alpha value is -0.890. The van der Waals surface area contributed by atoms with Crippen molar-refractivity contribution in [2.24, 2.45) is 0 Å². The summed E-state index contributed by atoms with van der Waals surface area (Å²) >= 11 is 0. The van der Waals surface area contributed by atoms with Crippen LogP contribution < -0.4 is 5.32 Å². The third-order valence-electron chi connectivity index (χ3n) is 4.04. The average Bonchev–Trinajstić information content (AvgIpc) is 2.82. The fourth-order valence-corrected chi connectivity index (χ4v) is 4.58. The predicted octanol–water partition coefficient (Wildman–Crippen LogP) is 0.552. The Kier molecular flexibility index (Phi) is 5.08. The maximum absolute atomic E-state index is 12.9. The van der Waals surface area contributed by atoms with Crippen LogP contribution in [-0.2, 0) is 23.1 Å². The SMILES string of the molecule is CCn1cc(S(=O)(=O)N2CCN(C)CC2C)cc1CNC. The minimum Gasteiger partial charge on any atom is -0.349 e. The molecule has 2 heterocycles. The van der Waals surface area contributed by atoms with Crippen LogP contribution in [0.2, 0.25) is 0 Å². The van der Waals surface area contributed by atoms with Gasteiger partial charge in [0.15, 0.2) is 0 Å². The van der Waals surface area contributed by atoms with Gasteiger partial charge in [0.2, 0.25) is 10.0 Å². The monoisotopic (exact) mass is 314 g/mol. The Morgan fingerprint density at radius 3 is 2.67 bits per heavy atom. The van der Waals surface area contributed by atoms with Gasteiger partial charge in [0.1, 0.15) is 4.90 Å². The Bertz CT molecular complexity index is 582. The molecule has 2 rings (SSSR count). The lowest BCUT2D eigenvalue weighted by molar-refractivity contribution is 0.170. The minimum absolute atomic E-state index is 0.00600. The van der Waals surface area contributed by atoms with Gasteiger partial charge in [0, 0.05) is 50.7 Å². The van der Waals surface area contributed by atoms with Gasteiger partial charge >= 0.3 is 0 Å². The van der Waals surface area contributed by atoms with E-state index in [9.17, 15) is 8.42 Å². The van der Waals surface area contributed by atoms with Crippen molar-refractivity contribution in [2.75, 3.05) is 33.7 Å². The van der Waals surface area contributed by atoms with Crippen molar-refractivity contribution in [3.63, 3.8) is 0 Å². The fraction of sp³-hybridized carbons (Fsp3) is 0.714. The zero-order chi connectivity index (χ0) is 15.6. The summed E-state index contributed by atoms with van der Waals surface area (Å²) in [6.45, 7) is 7.54. The molecule has 0 amide bonds. The molecule has 120 valence electrons. The largest absolute Gasteiger partial charge is 0.349 e. The van der Waals surface area contributed by atoms with Crippen molar-refractivity contribution in [1.29, 1.82) is 0 Å². The number of likely N-dealkylation sites (N-methyl/N-ethyl adjacent to an activating group) is 1. The van der Waals surface area contributed by atoms with Crippen LogP contribution >= 0.6 is 0 Å². The highest BCUT2D eigenvalue weighted by Gasteiger charge is 2.33. The minimum atomic E-state index is -3.41. The van der Waals surface area contributed by atoms with Gasteiger partial charge < -0.3 is 14.8 Å². The van der Waals surface area contributed by atoms with Crippen molar-refractivity contribution >= 4 is 10.0 Å². The summed E-state index contributed by atoms with van der Waals surface area (Å²) in [5.74, 6) is 0. The van der Waals surface area contributed by atoms with E-state index in [1.165, 1.54) is 0 Å².